The number of nitrogens with zero attached hydrogens (tertiary/aromatic N) is 4. The minimum atomic E-state index is -0.696. The number of carbonyl (C=O) groups excluding carboxylic acids is 3. The molecule has 1 aliphatic heterocycles. The number of phenolic OH excluding ortho intramolecular Hbond substituents is 1. The van der Waals surface area contributed by atoms with Crippen molar-refractivity contribution in [1.82, 2.24) is 10.0 Å². The number of rotatable bonds is 7. The molecule has 0 spiro atoms. The normalized spacial score (nSPS) is 13.7. The fourth-order valence-corrected chi connectivity index (χ4v) is 5.02. The van der Waals surface area contributed by atoms with E-state index >= 15 is 0 Å². The first kappa shape index (κ1) is 24.6. The summed E-state index contributed by atoms with van der Waals surface area (Å²) >= 11 is 6.07. The lowest BCUT2D eigenvalue weighted by atomic mass is 10.1. The minimum absolute atomic E-state index is 0.0417. The standard InChI is InChI=1S/C26H20N4O5S2/c31-20-10-4-15(5-13-24(34)35-30-22(32)11-12-23(30)33)14-19(20)29-28-17-8-6-16(7-9-17)26-27-18-2-1-3-21(36)25(18)37-26/h1-4,6-10,14,31,36H,5,11-13H2/b29-28+. The lowest BCUT2D eigenvalue weighted by Gasteiger charge is -2.12. The molecule has 0 saturated carbocycles. The highest BCUT2D eigenvalue weighted by molar-refractivity contribution is 7.80. The van der Waals surface area contributed by atoms with Crippen LogP contribution in [0, 0.1) is 0 Å². The Hall–Kier alpha value is -4.09. The molecule has 2 amide bonds. The molecule has 1 fully saturated rings. The number of carbonyl (C=O) groups is 3. The highest BCUT2D eigenvalue weighted by Gasteiger charge is 2.32. The molecule has 0 aliphatic carbocycles. The van der Waals surface area contributed by atoms with E-state index in [4.69, 9.17) is 4.84 Å². The molecule has 1 aromatic heterocycles. The van der Waals surface area contributed by atoms with Gasteiger partial charge in [-0.1, -0.05) is 12.1 Å². The highest BCUT2D eigenvalue weighted by atomic mass is 32.1. The second kappa shape index (κ2) is 10.5. The van der Waals surface area contributed by atoms with Crippen LogP contribution in [0.15, 0.2) is 75.8 Å². The predicted octanol–water partition coefficient (Wildman–Crippen LogP) is 5.91. The van der Waals surface area contributed by atoms with Crippen LogP contribution in [0.25, 0.3) is 20.8 Å². The summed E-state index contributed by atoms with van der Waals surface area (Å²) in [5.41, 5.74) is 3.39. The van der Waals surface area contributed by atoms with Crippen molar-refractivity contribution in [2.45, 2.75) is 30.6 Å². The van der Waals surface area contributed by atoms with E-state index in [2.05, 4.69) is 27.8 Å². The number of amides is 2. The van der Waals surface area contributed by atoms with E-state index in [1.165, 1.54) is 6.07 Å². The summed E-state index contributed by atoms with van der Waals surface area (Å²) in [5.74, 6) is -1.80. The largest absolute Gasteiger partial charge is 0.506 e. The molecular weight excluding hydrogens is 512 g/mol. The molecule has 5 rings (SSSR count). The van der Waals surface area contributed by atoms with Gasteiger partial charge in [0.2, 0.25) is 0 Å². The predicted molar refractivity (Wildman–Crippen MR) is 140 cm³/mol. The zero-order chi connectivity index (χ0) is 25.9. The molecule has 0 unspecified atom stereocenters. The third kappa shape index (κ3) is 5.52. The van der Waals surface area contributed by atoms with Crippen LogP contribution in [0.4, 0.5) is 11.4 Å². The number of thiazole rings is 1. The molecule has 1 N–H and O–H groups in total. The highest BCUT2D eigenvalue weighted by Crippen LogP contribution is 2.35. The van der Waals surface area contributed by atoms with Crippen LogP contribution in [-0.4, -0.2) is 32.9 Å². The fraction of sp³-hybridized carbons (Fsp3) is 0.154. The van der Waals surface area contributed by atoms with Gasteiger partial charge < -0.3 is 9.94 Å². The molecular formula is C26H20N4O5S2. The Morgan fingerprint density at radius 1 is 1.05 bits per heavy atom. The van der Waals surface area contributed by atoms with E-state index in [1.807, 2.05) is 42.5 Å². The SMILES string of the molecule is O=C(CCc1ccc(O)c(/N=N/c2ccc(-c3nc4cccc(S)c4s3)cc2)c1)ON1C(=O)CCC1=O. The summed E-state index contributed by atoms with van der Waals surface area (Å²) in [5, 5.41) is 20.0. The van der Waals surface area contributed by atoms with E-state index in [0.717, 1.165) is 25.7 Å². The summed E-state index contributed by atoms with van der Waals surface area (Å²) in [4.78, 5) is 45.6. The zero-order valence-electron chi connectivity index (χ0n) is 19.3. The lowest BCUT2D eigenvalue weighted by molar-refractivity contribution is -0.197. The molecule has 1 saturated heterocycles. The first-order valence-electron chi connectivity index (χ1n) is 11.4. The first-order valence-corrected chi connectivity index (χ1v) is 12.6. The molecule has 1 aliphatic rings. The molecule has 9 nitrogen and oxygen atoms in total. The summed E-state index contributed by atoms with van der Waals surface area (Å²) < 4.78 is 1.03. The van der Waals surface area contributed by atoms with E-state index in [9.17, 15) is 19.5 Å². The number of azo groups is 1. The summed E-state index contributed by atoms with van der Waals surface area (Å²) in [6, 6.07) is 18.0. The molecule has 37 heavy (non-hydrogen) atoms. The quantitative estimate of drug-likeness (QED) is 0.173. The molecule has 0 radical (unpaired) electrons. The third-order valence-electron chi connectivity index (χ3n) is 5.64. The van der Waals surface area contributed by atoms with Crippen molar-refractivity contribution in [3.05, 3.63) is 66.2 Å². The summed E-state index contributed by atoms with van der Waals surface area (Å²) in [7, 11) is 0. The Morgan fingerprint density at radius 2 is 1.81 bits per heavy atom. The van der Waals surface area contributed by atoms with Gasteiger partial charge in [-0.2, -0.15) is 5.11 Å². The maximum absolute atomic E-state index is 12.1. The number of fused-ring (bicyclic) bond motifs is 1. The van der Waals surface area contributed by atoms with Gasteiger partial charge in [-0.05, 0) is 60.5 Å². The van der Waals surface area contributed by atoms with Gasteiger partial charge in [0, 0.05) is 23.3 Å². The number of benzene rings is 3. The van der Waals surface area contributed by atoms with Crippen LogP contribution in [0.3, 0.4) is 0 Å². The number of hydrogen-bond acceptors (Lipinski definition) is 10. The second-order valence-electron chi connectivity index (χ2n) is 8.26. The molecule has 2 heterocycles. The van der Waals surface area contributed by atoms with Crippen molar-refractivity contribution in [3.63, 3.8) is 0 Å². The maximum Gasteiger partial charge on any atom is 0.333 e. The average molecular weight is 533 g/mol. The van der Waals surface area contributed by atoms with Crippen LogP contribution in [0.1, 0.15) is 24.8 Å². The Labute approximate surface area is 220 Å². The number of aromatic nitrogens is 1. The molecule has 4 aromatic rings. The van der Waals surface area contributed by atoms with Crippen LogP contribution in [0.2, 0.25) is 0 Å². The van der Waals surface area contributed by atoms with Gasteiger partial charge in [-0.25, -0.2) is 9.78 Å². The average Bonchev–Trinajstić information content (AvgIpc) is 3.47. The van der Waals surface area contributed by atoms with Gasteiger partial charge in [0.05, 0.1) is 22.3 Å². The third-order valence-corrected chi connectivity index (χ3v) is 7.32. The number of hydroxylamine groups is 2. The molecule has 186 valence electrons. The van der Waals surface area contributed by atoms with Crippen molar-refractivity contribution < 1.29 is 24.3 Å². The van der Waals surface area contributed by atoms with Crippen LogP contribution in [-0.2, 0) is 25.6 Å². The number of hydrogen-bond donors (Lipinski definition) is 2. The van der Waals surface area contributed by atoms with Gasteiger partial charge >= 0.3 is 5.97 Å². The fourth-order valence-electron chi connectivity index (χ4n) is 3.70. The number of thiol groups is 1. The lowest BCUT2D eigenvalue weighted by Crippen LogP contribution is -2.32. The molecule has 11 heteroatoms. The zero-order valence-corrected chi connectivity index (χ0v) is 21.0. The van der Waals surface area contributed by atoms with Gasteiger partial charge in [-0.15, -0.1) is 34.1 Å². The van der Waals surface area contributed by atoms with Crippen LogP contribution < -0.4 is 0 Å². The molecule has 0 atom stereocenters. The molecule has 3 aromatic carbocycles. The first-order chi connectivity index (χ1) is 17.9. The Bertz CT molecular complexity index is 1530. The number of aromatic hydroxyl groups is 1. The summed E-state index contributed by atoms with van der Waals surface area (Å²) in [6.45, 7) is 0. The van der Waals surface area contributed by atoms with E-state index in [1.54, 1.807) is 23.5 Å². The van der Waals surface area contributed by atoms with Crippen LogP contribution in [0.5, 0.6) is 5.75 Å². The number of aryl methyl sites for hydroxylation is 1. The van der Waals surface area contributed by atoms with Crippen molar-refractivity contribution in [2.24, 2.45) is 10.2 Å². The van der Waals surface area contributed by atoms with Crippen molar-refractivity contribution >= 4 is 63.3 Å². The van der Waals surface area contributed by atoms with Crippen molar-refractivity contribution in [3.8, 4) is 16.3 Å². The number of imide groups is 1. The topological polar surface area (TPSA) is 122 Å². The van der Waals surface area contributed by atoms with Crippen molar-refractivity contribution in [1.29, 1.82) is 0 Å². The Balaban J connectivity index is 1.23. The van der Waals surface area contributed by atoms with Gasteiger partial charge in [0.15, 0.2) is 0 Å². The van der Waals surface area contributed by atoms with E-state index in [0.29, 0.717) is 16.3 Å². The second-order valence-corrected chi connectivity index (χ2v) is 9.74. The van der Waals surface area contributed by atoms with Gasteiger partial charge in [0.1, 0.15) is 16.4 Å². The molecule has 0 bridgehead atoms. The van der Waals surface area contributed by atoms with E-state index < -0.39 is 17.8 Å². The minimum Gasteiger partial charge on any atom is -0.506 e. The van der Waals surface area contributed by atoms with Crippen molar-refractivity contribution in [2.75, 3.05) is 0 Å². The Morgan fingerprint density at radius 3 is 2.54 bits per heavy atom. The summed E-state index contributed by atoms with van der Waals surface area (Å²) in [6.07, 6.45) is 0.295. The Kier molecular flexibility index (Phi) is 6.97. The number of phenols is 1. The van der Waals surface area contributed by atoms with Gasteiger partial charge in [0.25, 0.3) is 11.8 Å². The van der Waals surface area contributed by atoms with Gasteiger partial charge in [-0.3, -0.25) is 9.59 Å². The maximum atomic E-state index is 12.1. The smallest absolute Gasteiger partial charge is 0.333 e. The van der Waals surface area contributed by atoms with Crippen LogP contribution >= 0.6 is 24.0 Å². The monoisotopic (exact) mass is 532 g/mol. The van der Waals surface area contributed by atoms with E-state index in [-0.39, 0.29) is 37.1 Å².